The van der Waals surface area contributed by atoms with Crippen molar-refractivity contribution in [1.82, 2.24) is 0 Å². The molecule has 0 radical (unpaired) electrons. The molecule has 1 saturated heterocycles. The molecule has 2 N–H and O–H groups in total. The number of morpholine rings is 1. The molecule has 1 aromatic rings. The first-order valence-electron chi connectivity index (χ1n) is 7.81. The van der Waals surface area contributed by atoms with E-state index in [1.807, 2.05) is 19.1 Å². The van der Waals surface area contributed by atoms with E-state index in [0.29, 0.717) is 13.2 Å². The van der Waals surface area contributed by atoms with Crippen LogP contribution in [0.5, 0.6) is 5.75 Å². The lowest BCUT2D eigenvalue weighted by Crippen LogP contribution is -3.16. The van der Waals surface area contributed by atoms with Crippen LogP contribution in [0.1, 0.15) is 25.0 Å². The summed E-state index contributed by atoms with van der Waals surface area (Å²) >= 11 is 0. The van der Waals surface area contributed by atoms with Gasteiger partial charge >= 0.3 is 0 Å². The minimum atomic E-state index is -0.447. The summed E-state index contributed by atoms with van der Waals surface area (Å²) in [6.07, 6.45) is 0.0733. The molecule has 1 fully saturated rings. The third-order valence-electron chi connectivity index (χ3n) is 4.13. The summed E-state index contributed by atoms with van der Waals surface area (Å²) in [6.45, 7) is 11.3. The topological polar surface area (TPSA) is 43.1 Å². The fourth-order valence-electron chi connectivity index (χ4n) is 3.01. The molecule has 118 valence electrons. The SMILES string of the molecule is Cc1cccc(OC[C@@H](O)C[NH+]2C[C@@H](C)O[C@@H](C)C2)c1C. The van der Waals surface area contributed by atoms with Crippen LogP contribution in [-0.4, -0.2) is 49.7 Å². The molecule has 1 heterocycles. The summed E-state index contributed by atoms with van der Waals surface area (Å²) in [5.74, 6) is 0.868. The number of hydrogen-bond donors (Lipinski definition) is 2. The average molecular weight is 294 g/mol. The first kappa shape index (κ1) is 16.3. The average Bonchev–Trinajstić information content (AvgIpc) is 2.39. The Morgan fingerprint density at radius 3 is 2.62 bits per heavy atom. The van der Waals surface area contributed by atoms with Crippen molar-refractivity contribution < 1.29 is 19.5 Å². The lowest BCUT2D eigenvalue weighted by atomic mass is 10.1. The fraction of sp³-hybridized carbons (Fsp3) is 0.647. The largest absolute Gasteiger partial charge is 0.490 e. The van der Waals surface area contributed by atoms with Crippen LogP contribution in [0.2, 0.25) is 0 Å². The van der Waals surface area contributed by atoms with Crippen molar-refractivity contribution >= 4 is 0 Å². The lowest BCUT2D eigenvalue weighted by molar-refractivity contribution is -0.918. The second-order valence-corrected chi connectivity index (χ2v) is 6.28. The van der Waals surface area contributed by atoms with Gasteiger partial charge in [0.25, 0.3) is 0 Å². The Bertz CT molecular complexity index is 453. The third-order valence-corrected chi connectivity index (χ3v) is 4.13. The van der Waals surface area contributed by atoms with Crippen LogP contribution in [0.4, 0.5) is 0 Å². The van der Waals surface area contributed by atoms with Crippen molar-refractivity contribution in [3.05, 3.63) is 29.3 Å². The number of aliphatic hydroxyl groups excluding tert-OH is 1. The Morgan fingerprint density at radius 1 is 1.29 bits per heavy atom. The van der Waals surface area contributed by atoms with Crippen LogP contribution in [0, 0.1) is 13.8 Å². The molecule has 2 rings (SSSR count). The van der Waals surface area contributed by atoms with Gasteiger partial charge in [0.1, 0.15) is 50.3 Å². The van der Waals surface area contributed by atoms with Gasteiger partial charge in [-0.3, -0.25) is 0 Å². The number of ether oxygens (including phenoxy) is 2. The maximum atomic E-state index is 10.2. The summed E-state index contributed by atoms with van der Waals surface area (Å²) in [6, 6.07) is 6.01. The van der Waals surface area contributed by atoms with E-state index >= 15 is 0 Å². The molecular formula is C17H28NO3+. The number of aliphatic hydroxyl groups is 1. The van der Waals surface area contributed by atoms with Gasteiger partial charge in [-0.05, 0) is 44.9 Å². The van der Waals surface area contributed by atoms with Crippen LogP contribution in [0.25, 0.3) is 0 Å². The summed E-state index contributed by atoms with van der Waals surface area (Å²) in [5, 5.41) is 10.2. The van der Waals surface area contributed by atoms with E-state index < -0.39 is 6.10 Å². The summed E-state index contributed by atoms with van der Waals surface area (Å²) in [7, 11) is 0. The Labute approximate surface area is 127 Å². The van der Waals surface area contributed by atoms with Crippen LogP contribution in [0.3, 0.4) is 0 Å². The fourth-order valence-corrected chi connectivity index (χ4v) is 3.01. The highest BCUT2D eigenvalue weighted by atomic mass is 16.5. The van der Waals surface area contributed by atoms with Crippen molar-refractivity contribution in [2.24, 2.45) is 0 Å². The zero-order chi connectivity index (χ0) is 15.4. The van der Waals surface area contributed by atoms with Gasteiger partial charge in [-0.1, -0.05) is 12.1 Å². The minimum Gasteiger partial charge on any atom is -0.490 e. The molecular weight excluding hydrogens is 266 g/mol. The third kappa shape index (κ3) is 4.70. The van der Waals surface area contributed by atoms with E-state index in [4.69, 9.17) is 9.47 Å². The molecule has 1 aromatic carbocycles. The van der Waals surface area contributed by atoms with E-state index in [9.17, 15) is 5.11 Å². The summed E-state index contributed by atoms with van der Waals surface area (Å²) < 4.78 is 11.5. The van der Waals surface area contributed by atoms with Crippen molar-refractivity contribution in [2.45, 2.75) is 46.0 Å². The Kier molecular flexibility index (Phi) is 5.62. The van der Waals surface area contributed by atoms with Gasteiger partial charge in [0.15, 0.2) is 0 Å². The zero-order valence-electron chi connectivity index (χ0n) is 13.6. The molecule has 1 aliphatic rings. The molecule has 0 amide bonds. The molecule has 1 unspecified atom stereocenters. The van der Waals surface area contributed by atoms with E-state index in [-0.39, 0.29) is 12.2 Å². The van der Waals surface area contributed by atoms with E-state index in [0.717, 1.165) is 24.4 Å². The second-order valence-electron chi connectivity index (χ2n) is 6.28. The number of nitrogens with one attached hydrogen (secondary N) is 1. The molecule has 21 heavy (non-hydrogen) atoms. The quantitative estimate of drug-likeness (QED) is 0.842. The van der Waals surface area contributed by atoms with Crippen LogP contribution in [-0.2, 0) is 4.74 Å². The maximum Gasteiger partial charge on any atom is 0.137 e. The minimum absolute atomic E-state index is 0.260. The first-order chi connectivity index (χ1) is 9.95. The number of aryl methyl sites for hydroxylation is 1. The van der Waals surface area contributed by atoms with Gasteiger partial charge in [0, 0.05) is 0 Å². The second kappa shape index (κ2) is 7.25. The maximum absolute atomic E-state index is 10.2. The van der Waals surface area contributed by atoms with Gasteiger partial charge in [-0.15, -0.1) is 0 Å². The Balaban J connectivity index is 1.82. The normalized spacial score (nSPS) is 27.4. The molecule has 0 aromatic heterocycles. The molecule has 0 bridgehead atoms. The van der Waals surface area contributed by atoms with Crippen LogP contribution >= 0.6 is 0 Å². The predicted molar refractivity (Wildman–Crippen MR) is 83.0 cm³/mol. The lowest BCUT2D eigenvalue weighted by Gasteiger charge is -2.33. The number of hydrogen-bond acceptors (Lipinski definition) is 3. The smallest absolute Gasteiger partial charge is 0.137 e. The predicted octanol–water partition coefficient (Wildman–Crippen LogP) is 0.735. The van der Waals surface area contributed by atoms with Gasteiger partial charge in [0.2, 0.25) is 0 Å². The highest BCUT2D eigenvalue weighted by molar-refractivity contribution is 5.38. The monoisotopic (exact) mass is 294 g/mol. The van der Waals surface area contributed by atoms with Gasteiger partial charge in [-0.2, -0.15) is 0 Å². The van der Waals surface area contributed by atoms with Crippen molar-refractivity contribution in [1.29, 1.82) is 0 Å². The Morgan fingerprint density at radius 2 is 1.95 bits per heavy atom. The van der Waals surface area contributed by atoms with Gasteiger partial charge < -0.3 is 19.5 Å². The summed E-state index contributed by atoms with van der Waals surface area (Å²) in [5.41, 5.74) is 2.36. The molecule has 0 saturated carbocycles. The van der Waals surface area contributed by atoms with Crippen LogP contribution in [0.15, 0.2) is 18.2 Å². The molecule has 4 nitrogen and oxygen atoms in total. The zero-order valence-corrected chi connectivity index (χ0v) is 13.6. The van der Waals surface area contributed by atoms with Crippen molar-refractivity contribution in [2.75, 3.05) is 26.2 Å². The van der Waals surface area contributed by atoms with Crippen LogP contribution < -0.4 is 9.64 Å². The van der Waals surface area contributed by atoms with Gasteiger partial charge in [-0.25, -0.2) is 0 Å². The number of quaternary nitrogens is 1. The number of rotatable bonds is 5. The van der Waals surface area contributed by atoms with Crippen molar-refractivity contribution in [3.8, 4) is 5.75 Å². The molecule has 0 spiro atoms. The molecule has 4 heteroatoms. The molecule has 4 atom stereocenters. The molecule has 1 aliphatic heterocycles. The highest BCUT2D eigenvalue weighted by Crippen LogP contribution is 2.20. The summed E-state index contributed by atoms with van der Waals surface area (Å²) in [4.78, 5) is 1.39. The Hall–Kier alpha value is -1.10. The van der Waals surface area contributed by atoms with E-state index in [1.165, 1.54) is 10.5 Å². The highest BCUT2D eigenvalue weighted by Gasteiger charge is 2.27. The van der Waals surface area contributed by atoms with E-state index in [1.54, 1.807) is 0 Å². The van der Waals surface area contributed by atoms with Crippen molar-refractivity contribution in [3.63, 3.8) is 0 Å². The van der Waals surface area contributed by atoms with Gasteiger partial charge in [0.05, 0.1) is 0 Å². The molecule has 0 aliphatic carbocycles. The standard InChI is InChI=1S/C17H27NO3/c1-12-6-5-7-17(15(12)4)20-11-16(19)10-18-8-13(2)21-14(3)9-18/h5-7,13-14,16,19H,8-11H2,1-4H3/p+1/t13-,14+,16-/m0/s1. The first-order valence-corrected chi connectivity index (χ1v) is 7.81. The van der Waals surface area contributed by atoms with E-state index in [2.05, 4.69) is 26.8 Å². The number of benzene rings is 1.